The van der Waals surface area contributed by atoms with Crippen LogP contribution in [0, 0.1) is 11.8 Å². The summed E-state index contributed by atoms with van der Waals surface area (Å²) in [5.41, 5.74) is 12.6. The standard InChI is InChI=1S/C34H32BrN5O/c35-26-13-14-31-28(18-26)30(22-37-31)32-19-29(34(41)38-21-24-11-9-23(20-36)10-12-24)27-8-4-6-25(33(27)39-32)7-5-17-40-15-2-1-3-16-40/h4,6,8-14,18-19,22,37H,1-3,15-17,20-21,36H2,(H,38,41). The van der Waals surface area contributed by atoms with E-state index in [1.54, 1.807) is 0 Å². The van der Waals surface area contributed by atoms with Crippen molar-refractivity contribution in [3.05, 3.63) is 99.7 Å². The molecule has 1 saturated heterocycles. The van der Waals surface area contributed by atoms with Gasteiger partial charge < -0.3 is 16.0 Å². The predicted octanol–water partition coefficient (Wildman–Crippen LogP) is 6.37. The molecule has 7 heteroatoms. The Morgan fingerprint density at radius 2 is 1.80 bits per heavy atom. The lowest BCUT2D eigenvalue weighted by molar-refractivity contribution is 0.0952. The van der Waals surface area contributed by atoms with Gasteiger partial charge in [0.15, 0.2) is 0 Å². The molecule has 0 saturated carbocycles. The molecule has 3 heterocycles. The fourth-order valence-corrected chi connectivity index (χ4v) is 5.78. The first kappa shape index (κ1) is 27.2. The van der Waals surface area contributed by atoms with Gasteiger partial charge in [-0.15, -0.1) is 0 Å². The van der Waals surface area contributed by atoms with Crippen LogP contribution in [0.2, 0.25) is 0 Å². The summed E-state index contributed by atoms with van der Waals surface area (Å²) in [5.74, 6) is 6.60. The number of amides is 1. The molecule has 0 aliphatic carbocycles. The van der Waals surface area contributed by atoms with Gasteiger partial charge in [-0.3, -0.25) is 9.69 Å². The number of benzene rings is 3. The Morgan fingerprint density at radius 3 is 2.61 bits per heavy atom. The maximum atomic E-state index is 13.7. The summed E-state index contributed by atoms with van der Waals surface area (Å²) < 4.78 is 0.981. The van der Waals surface area contributed by atoms with E-state index in [1.165, 1.54) is 19.3 Å². The van der Waals surface area contributed by atoms with Gasteiger partial charge in [0.25, 0.3) is 5.91 Å². The number of carbonyl (C=O) groups is 1. The normalized spacial score (nSPS) is 13.7. The summed E-state index contributed by atoms with van der Waals surface area (Å²) in [6.07, 6.45) is 5.72. The number of carbonyl (C=O) groups excluding carboxylic acids is 1. The fourth-order valence-electron chi connectivity index (χ4n) is 5.41. The number of halogens is 1. The Bertz CT molecular complexity index is 1770. The number of nitrogens with one attached hydrogen (secondary N) is 2. The van der Waals surface area contributed by atoms with Crippen molar-refractivity contribution in [1.82, 2.24) is 20.2 Å². The first-order chi connectivity index (χ1) is 20.1. The van der Waals surface area contributed by atoms with E-state index < -0.39 is 0 Å². The van der Waals surface area contributed by atoms with Crippen LogP contribution in [-0.4, -0.2) is 40.4 Å². The smallest absolute Gasteiger partial charge is 0.252 e. The van der Waals surface area contributed by atoms with E-state index in [4.69, 9.17) is 10.7 Å². The van der Waals surface area contributed by atoms with Crippen LogP contribution in [0.15, 0.2) is 77.4 Å². The Hall–Kier alpha value is -3.96. The van der Waals surface area contributed by atoms with Gasteiger partial charge in [-0.25, -0.2) is 4.98 Å². The van der Waals surface area contributed by atoms with Crippen LogP contribution in [0.1, 0.15) is 46.3 Å². The highest BCUT2D eigenvalue weighted by molar-refractivity contribution is 9.10. The summed E-state index contributed by atoms with van der Waals surface area (Å²) >= 11 is 3.60. The number of H-pyrrole nitrogens is 1. The minimum Gasteiger partial charge on any atom is -0.360 e. The highest BCUT2D eigenvalue weighted by Gasteiger charge is 2.18. The Labute approximate surface area is 248 Å². The monoisotopic (exact) mass is 605 g/mol. The number of rotatable bonds is 6. The summed E-state index contributed by atoms with van der Waals surface area (Å²) in [5, 5.41) is 4.93. The van der Waals surface area contributed by atoms with Crippen molar-refractivity contribution in [3.63, 3.8) is 0 Å². The number of aromatic nitrogens is 2. The molecule has 0 unspecified atom stereocenters. The second-order valence-corrected chi connectivity index (χ2v) is 11.4. The van der Waals surface area contributed by atoms with Crippen molar-refractivity contribution in [2.24, 2.45) is 5.73 Å². The summed E-state index contributed by atoms with van der Waals surface area (Å²) in [7, 11) is 0. The molecule has 0 radical (unpaired) electrons. The summed E-state index contributed by atoms with van der Waals surface area (Å²) in [6, 6.07) is 21.9. The van der Waals surface area contributed by atoms with Crippen molar-refractivity contribution in [2.45, 2.75) is 32.4 Å². The SMILES string of the molecule is NCc1ccc(CNC(=O)c2cc(-c3c[nH]c4ccc(Br)cc34)nc3c(C#CCN4CCCCC4)cccc23)cc1. The molecule has 1 fully saturated rings. The molecule has 2 aromatic heterocycles. The van der Waals surface area contributed by atoms with E-state index >= 15 is 0 Å². The van der Waals surface area contributed by atoms with Crippen molar-refractivity contribution in [3.8, 4) is 23.1 Å². The lowest BCUT2D eigenvalue weighted by Gasteiger charge is -2.23. The van der Waals surface area contributed by atoms with Crippen LogP contribution >= 0.6 is 15.9 Å². The van der Waals surface area contributed by atoms with Crippen LogP contribution in [0.4, 0.5) is 0 Å². The highest BCUT2D eigenvalue weighted by atomic mass is 79.9. The predicted molar refractivity (Wildman–Crippen MR) is 169 cm³/mol. The first-order valence-corrected chi connectivity index (χ1v) is 14.9. The van der Waals surface area contributed by atoms with Gasteiger partial charge >= 0.3 is 0 Å². The van der Waals surface area contributed by atoms with Crippen LogP contribution in [0.3, 0.4) is 0 Å². The van der Waals surface area contributed by atoms with Gasteiger partial charge in [0.2, 0.25) is 0 Å². The number of para-hydroxylation sites is 1. The molecule has 3 aromatic carbocycles. The van der Waals surface area contributed by atoms with E-state index in [2.05, 4.69) is 49.0 Å². The van der Waals surface area contributed by atoms with Gasteiger partial charge in [-0.2, -0.15) is 0 Å². The molecule has 0 atom stereocenters. The first-order valence-electron chi connectivity index (χ1n) is 14.1. The number of pyridine rings is 1. The quantitative estimate of drug-likeness (QED) is 0.196. The molecule has 41 heavy (non-hydrogen) atoms. The lowest BCUT2D eigenvalue weighted by atomic mass is 10.0. The highest BCUT2D eigenvalue weighted by Crippen LogP contribution is 2.33. The summed E-state index contributed by atoms with van der Waals surface area (Å²) in [6.45, 7) is 3.84. The number of fused-ring (bicyclic) bond motifs is 2. The molecule has 5 aromatic rings. The molecule has 206 valence electrons. The van der Waals surface area contributed by atoms with Gasteiger partial charge in [0, 0.05) is 45.6 Å². The molecule has 0 bridgehead atoms. The number of piperidine rings is 1. The number of aromatic amines is 1. The number of nitrogens with two attached hydrogens (primary N) is 1. The molecule has 0 spiro atoms. The minimum atomic E-state index is -0.152. The molecule has 4 N–H and O–H groups in total. The second-order valence-electron chi connectivity index (χ2n) is 10.5. The van der Waals surface area contributed by atoms with E-state index in [0.717, 1.165) is 73.9 Å². The Balaban J connectivity index is 1.40. The average Bonchev–Trinajstić information content (AvgIpc) is 3.43. The zero-order chi connectivity index (χ0) is 28.2. The molecular formula is C34H32BrN5O. The average molecular weight is 607 g/mol. The van der Waals surface area contributed by atoms with Crippen molar-refractivity contribution < 1.29 is 4.79 Å². The van der Waals surface area contributed by atoms with Crippen LogP contribution in [0.25, 0.3) is 33.1 Å². The Kier molecular flexibility index (Phi) is 8.15. The topological polar surface area (TPSA) is 87.0 Å². The van der Waals surface area contributed by atoms with E-state index in [1.807, 2.05) is 66.9 Å². The molecule has 6 nitrogen and oxygen atoms in total. The van der Waals surface area contributed by atoms with Crippen LogP contribution < -0.4 is 11.1 Å². The van der Waals surface area contributed by atoms with E-state index in [-0.39, 0.29) is 5.91 Å². The van der Waals surface area contributed by atoms with Gasteiger partial charge in [-0.05, 0) is 67.4 Å². The summed E-state index contributed by atoms with van der Waals surface area (Å²) in [4.78, 5) is 24.6. The maximum Gasteiger partial charge on any atom is 0.252 e. The Morgan fingerprint density at radius 1 is 1.00 bits per heavy atom. The largest absolute Gasteiger partial charge is 0.360 e. The number of nitrogens with zero attached hydrogens (tertiary/aromatic N) is 2. The van der Waals surface area contributed by atoms with E-state index in [0.29, 0.717) is 18.7 Å². The molecule has 1 amide bonds. The van der Waals surface area contributed by atoms with Crippen molar-refractivity contribution >= 4 is 43.6 Å². The zero-order valence-electron chi connectivity index (χ0n) is 22.8. The molecule has 1 aliphatic rings. The lowest BCUT2D eigenvalue weighted by Crippen LogP contribution is -2.29. The van der Waals surface area contributed by atoms with Crippen LogP contribution in [-0.2, 0) is 13.1 Å². The van der Waals surface area contributed by atoms with Gasteiger partial charge in [0.1, 0.15) is 0 Å². The number of hydrogen-bond acceptors (Lipinski definition) is 4. The third kappa shape index (κ3) is 6.06. The number of hydrogen-bond donors (Lipinski definition) is 3. The zero-order valence-corrected chi connectivity index (χ0v) is 24.4. The molecule has 1 aliphatic heterocycles. The van der Waals surface area contributed by atoms with Gasteiger partial charge in [0.05, 0.1) is 28.9 Å². The van der Waals surface area contributed by atoms with E-state index in [9.17, 15) is 4.79 Å². The van der Waals surface area contributed by atoms with Crippen molar-refractivity contribution in [1.29, 1.82) is 0 Å². The third-order valence-electron chi connectivity index (χ3n) is 7.69. The van der Waals surface area contributed by atoms with Crippen LogP contribution in [0.5, 0.6) is 0 Å². The second kappa shape index (κ2) is 12.3. The van der Waals surface area contributed by atoms with Gasteiger partial charge in [-0.1, -0.05) is 70.6 Å². The number of likely N-dealkylation sites (tertiary alicyclic amines) is 1. The van der Waals surface area contributed by atoms with Crippen molar-refractivity contribution in [2.75, 3.05) is 19.6 Å². The minimum absolute atomic E-state index is 0.152. The fraction of sp³-hybridized carbons (Fsp3) is 0.235. The molecular weight excluding hydrogens is 574 g/mol. The maximum absolute atomic E-state index is 13.7. The molecule has 6 rings (SSSR count). The third-order valence-corrected chi connectivity index (χ3v) is 8.18.